The SMILES string of the molecule is Cc1cc(C(=O)Nc2ncc(Cc3cccc(F)c3)s2)cc(S(=O)(=O)N(C)C)c1C. The molecule has 3 aromatic rings. The summed E-state index contributed by atoms with van der Waals surface area (Å²) in [5.74, 6) is -0.747. The van der Waals surface area contributed by atoms with Gasteiger partial charge in [-0.25, -0.2) is 22.1 Å². The first-order chi connectivity index (χ1) is 14.1. The lowest BCUT2D eigenvalue weighted by atomic mass is 10.1. The minimum Gasteiger partial charge on any atom is -0.298 e. The highest BCUT2D eigenvalue weighted by Crippen LogP contribution is 2.25. The molecule has 1 heterocycles. The van der Waals surface area contributed by atoms with Crippen molar-refractivity contribution >= 4 is 32.4 Å². The molecular weight excluding hydrogens is 425 g/mol. The van der Waals surface area contributed by atoms with Crippen LogP contribution in [0.3, 0.4) is 0 Å². The van der Waals surface area contributed by atoms with Gasteiger partial charge in [0, 0.05) is 37.2 Å². The van der Waals surface area contributed by atoms with E-state index in [1.165, 1.54) is 43.6 Å². The van der Waals surface area contributed by atoms with Crippen LogP contribution in [-0.4, -0.2) is 37.7 Å². The molecule has 158 valence electrons. The number of carbonyl (C=O) groups excluding carboxylic acids is 1. The Morgan fingerprint density at radius 2 is 1.93 bits per heavy atom. The molecule has 0 saturated heterocycles. The molecule has 1 N–H and O–H groups in total. The second-order valence-electron chi connectivity index (χ2n) is 7.10. The third-order valence-electron chi connectivity index (χ3n) is 4.68. The van der Waals surface area contributed by atoms with Crippen LogP contribution in [0.5, 0.6) is 0 Å². The minimum atomic E-state index is -3.68. The van der Waals surface area contributed by atoms with Crippen LogP contribution in [0.2, 0.25) is 0 Å². The van der Waals surface area contributed by atoms with E-state index in [1.807, 2.05) is 6.07 Å². The third kappa shape index (κ3) is 4.75. The van der Waals surface area contributed by atoms with E-state index in [1.54, 1.807) is 32.2 Å². The Balaban J connectivity index is 1.82. The normalized spacial score (nSPS) is 11.7. The standard InChI is InChI=1S/C21H22FN3O3S2/c1-13-8-16(11-19(14(13)2)30(27,28)25(3)4)20(26)24-21-23-12-18(29-21)10-15-6-5-7-17(22)9-15/h5-9,11-12H,10H2,1-4H3,(H,23,24,26). The Morgan fingerprint density at radius 3 is 2.60 bits per heavy atom. The maximum absolute atomic E-state index is 13.3. The highest BCUT2D eigenvalue weighted by molar-refractivity contribution is 7.89. The first kappa shape index (κ1) is 22.1. The first-order valence-electron chi connectivity index (χ1n) is 9.12. The fraction of sp³-hybridized carbons (Fsp3) is 0.238. The molecule has 0 aliphatic heterocycles. The summed E-state index contributed by atoms with van der Waals surface area (Å²) < 4.78 is 39.7. The predicted molar refractivity (Wildman–Crippen MR) is 116 cm³/mol. The number of amides is 1. The molecule has 0 fully saturated rings. The van der Waals surface area contributed by atoms with E-state index >= 15 is 0 Å². The van der Waals surface area contributed by atoms with Gasteiger partial charge in [-0.05, 0) is 54.8 Å². The molecular formula is C21H22FN3O3S2. The van der Waals surface area contributed by atoms with Gasteiger partial charge in [-0.15, -0.1) is 11.3 Å². The lowest BCUT2D eigenvalue weighted by Crippen LogP contribution is -2.24. The first-order valence-corrected chi connectivity index (χ1v) is 11.4. The van der Waals surface area contributed by atoms with Crippen molar-refractivity contribution in [1.82, 2.24) is 9.29 Å². The van der Waals surface area contributed by atoms with Gasteiger partial charge in [-0.3, -0.25) is 10.1 Å². The molecule has 0 unspecified atom stereocenters. The van der Waals surface area contributed by atoms with Crippen molar-refractivity contribution in [3.63, 3.8) is 0 Å². The van der Waals surface area contributed by atoms with Gasteiger partial charge >= 0.3 is 0 Å². The lowest BCUT2D eigenvalue weighted by molar-refractivity contribution is 0.102. The molecule has 6 nitrogen and oxygen atoms in total. The van der Waals surface area contributed by atoms with Gasteiger partial charge in [-0.1, -0.05) is 12.1 Å². The Morgan fingerprint density at radius 1 is 1.20 bits per heavy atom. The van der Waals surface area contributed by atoms with E-state index in [9.17, 15) is 17.6 Å². The van der Waals surface area contributed by atoms with Crippen LogP contribution in [0.4, 0.5) is 9.52 Å². The zero-order valence-corrected chi connectivity index (χ0v) is 18.7. The zero-order chi connectivity index (χ0) is 22.1. The van der Waals surface area contributed by atoms with Crippen molar-refractivity contribution in [1.29, 1.82) is 0 Å². The molecule has 30 heavy (non-hydrogen) atoms. The van der Waals surface area contributed by atoms with Gasteiger partial charge < -0.3 is 0 Å². The summed E-state index contributed by atoms with van der Waals surface area (Å²) in [5.41, 5.74) is 2.35. The molecule has 0 saturated carbocycles. The smallest absolute Gasteiger partial charge is 0.257 e. The quantitative estimate of drug-likeness (QED) is 0.620. The molecule has 0 atom stereocenters. The summed E-state index contributed by atoms with van der Waals surface area (Å²) in [6, 6.07) is 9.35. The van der Waals surface area contributed by atoms with E-state index in [4.69, 9.17) is 0 Å². The number of anilines is 1. The van der Waals surface area contributed by atoms with Crippen LogP contribution in [0.1, 0.15) is 31.9 Å². The third-order valence-corrected chi connectivity index (χ3v) is 7.54. The number of rotatable bonds is 6. The van der Waals surface area contributed by atoms with Gasteiger partial charge in [0.25, 0.3) is 5.91 Å². The van der Waals surface area contributed by atoms with Crippen molar-refractivity contribution in [3.8, 4) is 0 Å². The number of aromatic nitrogens is 1. The fourth-order valence-corrected chi connectivity index (χ4v) is 4.95. The Kier molecular flexibility index (Phi) is 6.35. The van der Waals surface area contributed by atoms with Gasteiger partial charge in [-0.2, -0.15) is 0 Å². The predicted octanol–water partition coefficient (Wildman–Crippen LogP) is 3.99. The molecule has 2 aromatic carbocycles. The molecule has 0 bridgehead atoms. The Labute approximate surface area is 179 Å². The fourth-order valence-electron chi connectivity index (χ4n) is 2.89. The van der Waals surface area contributed by atoms with Gasteiger partial charge in [0.05, 0.1) is 4.90 Å². The molecule has 9 heteroatoms. The number of benzene rings is 2. The number of thiazole rings is 1. The highest BCUT2D eigenvalue weighted by Gasteiger charge is 2.23. The average Bonchev–Trinajstić information content (AvgIpc) is 3.10. The van der Waals surface area contributed by atoms with Crippen molar-refractivity contribution in [2.45, 2.75) is 25.2 Å². The average molecular weight is 448 g/mol. The summed E-state index contributed by atoms with van der Waals surface area (Å²) >= 11 is 1.29. The van der Waals surface area contributed by atoms with Gasteiger partial charge in [0.15, 0.2) is 5.13 Å². The number of sulfonamides is 1. The molecule has 0 aliphatic rings. The molecule has 0 aliphatic carbocycles. The van der Waals surface area contributed by atoms with Crippen LogP contribution in [-0.2, 0) is 16.4 Å². The van der Waals surface area contributed by atoms with E-state index in [2.05, 4.69) is 10.3 Å². The second-order valence-corrected chi connectivity index (χ2v) is 10.3. The van der Waals surface area contributed by atoms with Crippen LogP contribution >= 0.6 is 11.3 Å². The monoisotopic (exact) mass is 447 g/mol. The van der Waals surface area contributed by atoms with Crippen LogP contribution in [0.15, 0.2) is 47.5 Å². The number of nitrogens with zero attached hydrogens (tertiary/aromatic N) is 2. The van der Waals surface area contributed by atoms with Crippen LogP contribution in [0, 0.1) is 19.7 Å². The van der Waals surface area contributed by atoms with E-state index in [-0.39, 0.29) is 16.3 Å². The summed E-state index contributed by atoms with van der Waals surface area (Å²) in [5, 5.41) is 3.11. The number of carbonyl (C=O) groups is 1. The summed E-state index contributed by atoms with van der Waals surface area (Å²) in [6.45, 7) is 3.48. The molecule has 0 spiro atoms. The number of aryl methyl sites for hydroxylation is 1. The second kappa shape index (κ2) is 8.63. The van der Waals surface area contributed by atoms with Crippen LogP contribution < -0.4 is 5.32 Å². The van der Waals surface area contributed by atoms with E-state index in [0.717, 1.165) is 14.7 Å². The minimum absolute atomic E-state index is 0.101. The van der Waals surface area contributed by atoms with E-state index < -0.39 is 15.9 Å². The zero-order valence-electron chi connectivity index (χ0n) is 17.1. The number of halogens is 1. The van der Waals surface area contributed by atoms with Gasteiger partial charge in [0.2, 0.25) is 10.0 Å². The maximum atomic E-state index is 13.3. The van der Waals surface area contributed by atoms with E-state index in [0.29, 0.717) is 22.7 Å². The van der Waals surface area contributed by atoms with Crippen molar-refractivity contribution < 1.29 is 17.6 Å². The summed E-state index contributed by atoms with van der Waals surface area (Å²) in [4.78, 5) is 17.9. The summed E-state index contributed by atoms with van der Waals surface area (Å²) in [6.07, 6.45) is 2.13. The largest absolute Gasteiger partial charge is 0.298 e. The molecule has 1 aromatic heterocycles. The number of nitrogens with one attached hydrogen (secondary N) is 1. The van der Waals surface area contributed by atoms with Crippen molar-refractivity contribution in [2.75, 3.05) is 19.4 Å². The Bertz CT molecular complexity index is 1200. The van der Waals surface area contributed by atoms with Crippen molar-refractivity contribution in [2.24, 2.45) is 0 Å². The number of hydrogen-bond donors (Lipinski definition) is 1. The van der Waals surface area contributed by atoms with Crippen LogP contribution in [0.25, 0.3) is 0 Å². The number of hydrogen-bond acceptors (Lipinski definition) is 5. The topological polar surface area (TPSA) is 79.4 Å². The molecule has 1 amide bonds. The Hall–Kier alpha value is -2.62. The van der Waals surface area contributed by atoms with Crippen molar-refractivity contribution in [3.05, 3.63) is 75.5 Å². The molecule has 0 radical (unpaired) electrons. The lowest BCUT2D eigenvalue weighted by Gasteiger charge is -2.16. The highest BCUT2D eigenvalue weighted by atomic mass is 32.2. The summed E-state index contributed by atoms with van der Waals surface area (Å²) in [7, 11) is -0.781. The van der Waals surface area contributed by atoms with Gasteiger partial charge in [0.1, 0.15) is 5.82 Å². The molecule has 3 rings (SSSR count). The maximum Gasteiger partial charge on any atom is 0.257 e.